The van der Waals surface area contributed by atoms with E-state index in [2.05, 4.69) is 95.9 Å². The van der Waals surface area contributed by atoms with Gasteiger partial charge in [0.25, 0.3) is 0 Å². The van der Waals surface area contributed by atoms with E-state index in [1.54, 1.807) is 0 Å². The molecule has 0 spiro atoms. The van der Waals surface area contributed by atoms with Gasteiger partial charge in [0.2, 0.25) is 0 Å². The number of hydrogen-bond acceptors (Lipinski definition) is 2. The molecule has 1 aliphatic heterocycles. The summed E-state index contributed by atoms with van der Waals surface area (Å²) in [5.41, 5.74) is 3.90. The molecular weight excluding hydrogens is 370 g/mol. The monoisotopic (exact) mass is 399 g/mol. The van der Waals surface area contributed by atoms with Gasteiger partial charge in [0.1, 0.15) is 0 Å². The fraction of sp³-hybridized carbons (Fsp3) is 0.333. The maximum Gasteiger partial charge on any atom is 0.0823 e. The smallest absolute Gasteiger partial charge is 0.0823 e. The molecule has 0 amide bonds. The van der Waals surface area contributed by atoms with Crippen molar-refractivity contribution >= 4 is 12.6 Å². The first kappa shape index (κ1) is 19.0. The van der Waals surface area contributed by atoms with Crippen LogP contribution in [-0.4, -0.2) is 17.5 Å². The van der Waals surface area contributed by atoms with Gasteiger partial charge in [-0.25, -0.2) is 0 Å². The van der Waals surface area contributed by atoms with Crippen molar-refractivity contribution in [1.82, 2.24) is 4.90 Å². The maximum atomic E-state index is 5.57. The molecule has 3 aromatic rings. The SMILES string of the molecule is SC(c1ccccc1)(c1ccccc1)[C@H](c1ccccc1)N1CC[C@@H]2CCC[C@@H]21. The molecule has 0 aromatic heterocycles. The molecule has 1 heterocycles. The van der Waals surface area contributed by atoms with Crippen LogP contribution in [0.15, 0.2) is 91.0 Å². The van der Waals surface area contributed by atoms with Crippen LogP contribution in [0.1, 0.15) is 48.4 Å². The summed E-state index contributed by atoms with van der Waals surface area (Å²) in [6, 6.07) is 33.7. The van der Waals surface area contributed by atoms with Crippen LogP contribution in [0.4, 0.5) is 0 Å². The second-order valence-corrected chi connectivity index (χ2v) is 9.30. The summed E-state index contributed by atoms with van der Waals surface area (Å²) >= 11 is 5.57. The van der Waals surface area contributed by atoms with Gasteiger partial charge < -0.3 is 0 Å². The molecule has 29 heavy (non-hydrogen) atoms. The number of rotatable bonds is 5. The highest BCUT2D eigenvalue weighted by molar-refractivity contribution is 7.81. The average molecular weight is 400 g/mol. The second-order valence-electron chi connectivity index (χ2n) is 8.60. The third kappa shape index (κ3) is 3.33. The molecule has 5 rings (SSSR count). The number of hydrogen-bond donors (Lipinski definition) is 1. The van der Waals surface area contributed by atoms with E-state index in [9.17, 15) is 0 Å². The van der Waals surface area contributed by atoms with E-state index in [1.165, 1.54) is 42.4 Å². The lowest BCUT2D eigenvalue weighted by Crippen LogP contribution is -2.44. The van der Waals surface area contributed by atoms with Gasteiger partial charge in [-0.2, -0.15) is 12.6 Å². The van der Waals surface area contributed by atoms with Gasteiger partial charge in [0, 0.05) is 6.04 Å². The highest BCUT2D eigenvalue weighted by Crippen LogP contribution is 2.53. The van der Waals surface area contributed by atoms with Crippen molar-refractivity contribution in [2.75, 3.05) is 6.54 Å². The van der Waals surface area contributed by atoms with Crippen LogP contribution in [-0.2, 0) is 4.75 Å². The lowest BCUT2D eigenvalue weighted by atomic mass is 9.79. The fourth-order valence-electron chi connectivity index (χ4n) is 5.77. The summed E-state index contributed by atoms with van der Waals surface area (Å²) in [7, 11) is 0. The van der Waals surface area contributed by atoms with E-state index in [4.69, 9.17) is 12.6 Å². The average Bonchev–Trinajstić information content (AvgIpc) is 3.41. The zero-order valence-corrected chi connectivity index (χ0v) is 17.7. The van der Waals surface area contributed by atoms with Gasteiger partial charge in [-0.3, -0.25) is 4.90 Å². The van der Waals surface area contributed by atoms with Crippen LogP contribution < -0.4 is 0 Å². The zero-order chi connectivity index (χ0) is 19.7. The molecule has 1 saturated carbocycles. The Balaban J connectivity index is 1.71. The van der Waals surface area contributed by atoms with Crippen LogP contribution in [0.2, 0.25) is 0 Å². The number of fused-ring (bicyclic) bond motifs is 1. The number of nitrogens with zero attached hydrogens (tertiary/aromatic N) is 1. The molecule has 1 nitrogen and oxygen atoms in total. The number of likely N-dealkylation sites (tertiary alicyclic amines) is 1. The van der Waals surface area contributed by atoms with Crippen LogP contribution in [0.25, 0.3) is 0 Å². The molecule has 0 N–H and O–H groups in total. The first-order valence-electron chi connectivity index (χ1n) is 10.9. The van der Waals surface area contributed by atoms with Crippen LogP contribution in [0.3, 0.4) is 0 Å². The molecule has 3 atom stereocenters. The Morgan fingerprint density at radius 2 is 1.28 bits per heavy atom. The minimum absolute atomic E-state index is 0.199. The van der Waals surface area contributed by atoms with Crippen molar-refractivity contribution in [1.29, 1.82) is 0 Å². The van der Waals surface area contributed by atoms with Gasteiger partial charge in [-0.05, 0) is 48.4 Å². The molecule has 0 radical (unpaired) electrons. The Kier molecular flexibility index (Phi) is 5.24. The van der Waals surface area contributed by atoms with Crippen molar-refractivity contribution in [3.05, 3.63) is 108 Å². The highest BCUT2D eigenvalue weighted by Gasteiger charge is 2.49. The molecule has 3 aromatic carbocycles. The minimum atomic E-state index is -0.415. The minimum Gasteiger partial charge on any atom is -0.291 e. The van der Waals surface area contributed by atoms with Gasteiger partial charge in [0.15, 0.2) is 0 Å². The van der Waals surface area contributed by atoms with Gasteiger partial charge in [-0.15, -0.1) is 0 Å². The predicted octanol–water partition coefficient (Wildman–Crippen LogP) is 6.48. The summed E-state index contributed by atoms with van der Waals surface area (Å²) in [6.07, 6.45) is 5.39. The van der Waals surface area contributed by atoms with Gasteiger partial charge in [0.05, 0.1) is 10.8 Å². The Morgan fingerprint density at radius 3 is 1.86 bits per heavy atom. The van der Waals surface area contributed by atoms with Crippen molar-refractivity contribution < 1.29 is 0 Å². The molecule has 0 bridgehead atoms. The second kappa shape index (κ2) is 8.01. The number of benzene rings is 3. The van der Waals surface area contributed by atoms with Crippen LogP contribution >= 0.6 is 12.6 Å². The van der Waals surface area contributed by atoms with Crippen molar-refractivity contribution in [2.45, 2.75) is 42.5 Å². The Labute approximate surface area is 180 Å². The van der Waals surface area contributed by atoms with E-state index < -0.39 is 4.75 Å². The predicted molar refractivity (Wildman–Crippen MR) is 124 cm³/mol. The van der Waals surface area contributed by atoms with Crippen molar-refractivity contribution in [3.63, 3.8) is 0 Å². The lowest BCUT2D eigenvalue weighted by molar-refractivity contribution is 0.147. The van der Waals surface area contributed by atoms with E-state index in [0.717, 1.165) is 12.5 Å². The molecule has 2 heteroatoms. The van der Waals surface area contributed by atoms with E-state index in [1.807, 2.05) is 0 Å². The summed E-state index contributed by atoms with van der Waals surface area (Å²) in [5, 5.41) is 0. The fourth-order valence-corrected chi connectivity index (χ4v) is 6.36. The summed E-state index contributed by atoms with van der Waals surface area (Å²) in [6.45, 7) is 1.16. The molecule has 0 unspecified atom stereocenters. The normalized spacial score (nSPS) is 23.1. The van der Waals surface area contributed by atoms with Gasteiger partial charge >= 0.3 is 0 Å². The van der Waals surface area contributed by atoms with Crippen molar-refractivity contribution in [2.24, 2.45) is 5.92 Å². The first-order valence-corrected chi connectivity index (χ1v) is 11.4. The standard InChI is InChI=1S/C27H29NS/c29-27(23-14-6-2-7-15-23,24-16-8-3-9-17-24)26(22-11-4-1-5-12-22)28-20-19-21-13-10-18-25(21)28/h1-9,11-12,14-17,21,25-26,29H,10,13,18-20H2/t21-,25-,26-/m0/s1. The summed E-state index contributed by atoms with van der Waals surface area (Å²) in [4.78, 5) is 2.79. The quantitative estimate of drug-likeness (QED) is 0.481. The lowest BCUT2D eigenvalue weighted by Gasteiger charge is -2.45. The van der Waals surface area contributed by atoms with Crippen molar-refractivity contribution in [3.8, 4) is 0 Å². The molecule has 2 aliphatic rings. The Bertz CT molecular complexity index is 885. The van der Waals surface area contributed by atoms with Gasteiger partial charge in [-0.1, -0.05) is 97.4 Å². The first-order chi connectivity index (χ1) is 14.3. The Hall–Kier alpha value is -2.03. The Morgan fingerprint density at radius 1 is 0.724 bits per heavy atom. The van der Waals surface area contributed by atoms with E-state index >= 15 is 0 Å². The largest absolute Gasteiger partial charge is 0.291 e. The zero-order valence-electron chi connectivity index (χ0n) is 16.8. The van der Waals surface area contributed by atoms with Crippen LogP contribution in [0, 0.1) is 5.92 Å². The van der Waals surface area contributed by atoms with Crippen LogP contribution in [0.5, 0.6) is 0 Å². The summed E-state index contributed by atoms with van der Waals surface area (Å²) < 4.78 is -0.415. The third-order valence-corrected chi connectivity index (χ3v) is 7.83. The maximum absolute atomic E-state index is 5.57. The molecule has 1 aliphatic carbocycles. The molecule has 148 valence electrons. The molecule has 1 saturated heterocycles. The summed E-state index contributed by atoms with van der Waals surface area (Å²) in [5.74, 6) is 0.852. The highest BCUT2D eigenvalue weighted by atomic mass is 32.1. The third-order valence-electron chi connectivity index (χ3n) is 7.07. The molecular formula is C27H29NS. The van der Waals surface area contributed by atoms with E-state index in [-0.39, 0.29) is 6.04 Å². The van der Waals surface area contributed by atoms with E-state index in [0.29, 0.717) is 6.04 Å². The number of thiol groups is 1. The topological polar surface area (TPSA) is 3.24 Å². The molecule has 2 fully saturated rings.